The number of hydrazine groups is 1. The minimum absolute atomic E-state index is 0.153. The number of alkyl halides is 3. The molecule has 2 unspecified atom stereocenters. The molecule has 1 fully saturated rings. The van der Waals surface area contributed by atoms with E-state index in [4.69, 9.17) is 0 Å². The monoisotopic (exact) mass is 383 g/mol. The highest BCUT2D eigenvalue weighted by atomic mass is 19.4. The fraction of sp³-hybridized carbons (Fsp3) is 0.611. The second kappa shape index (κ2) is 7.84. The molecule has 0 spiro atoms. The third-order valence-electron chi connectivity index (χ3n) is 5.15. The molecule has 0 radical (unpaired) electrons. The van der Waals surface area contributed by atoms with Crippen LogP contribution in [0.1, 0.15) is 37.4 Å². The topological polar surface area (TPSA) is 61.4 Å². The molecule has 1 aliphatic carbocycles. The van der Waals surface area contributed by atoms with Gasteiger partial charge in [0, 0.05) is 25.2 Å². The maximum Gasteiger partial charge on any atom is 0.405 e. The zero-order valence-corrected chi connectivity index (χ0v) is 15.5. The first kappa shape index (κ1) is 19.6. The molecule has 1 amide bonds. The second-order valence-corrected chi connectivity index (χ2v) is 7.10. The van der Waals surface area contributed by atoms with Gasteiger partial charge in [0.2, 0.25) is 5.91 Å². The quantitative estimate of drug-likeness (QED) is 0.866. The van der Waals surface area contributed by atoms with Crippen molar-refractivity contribution in [2.24, 2.45) is 5.92 Å². The van der Waals surface area contributed by atoms with Crippen LogP contribution in [0.4, 0.5) is 19.0 Å². The highest BCUT2D eigenvalue weighted by Crippen LogP contribution is 2.30. The van der Waals surface area contributed by atoms with Crippen LogP contribution >= 0.6 is 0 Å². The number of rotatable bonds is 4. The smallest absolute Gasteiger partial charge is 0.347 e. The Balaban J connectivity index is 1.74. The number of aryl methyl sites for hydroxylation is 1. The number of fused-ring (bicyclic) bond motifs is 1. The molecule has 0 aromatic carbocycles. The minimum atomic E-state index is -4.40. The van der Waals surface area contributed by atoms with Gasteiger partial charge in [-0.25, -0.2) is 15.0 Å². The maximum atomic E-state index is 12.4. The number of hydrogen-bond donors (Lipinski definition) is 1. The summed E-state index contributed by atoms with van der Waals surface area (Å²) < 4.78 is 37.1. The van der Waals surface area contributed by atoms with E-state index in [1.807, 2.05) is 35.4 Å². The summed E-state index contributed by atoms with van der Waals surface area (Å²) in [5.74, 6) is -0.291. The van der Waals surface area contributed by atoms with E-state index in [9.17, 15) is 18.0 Å². The molecule has 1 aromatic rings. The number of nitrogens with zero attached hydrogens (tertiary/aromatic N) is 4. The number of halogens is 3. The first-order valence-corrected chi connectivity index (χ1v) is 9.11. The molecule has 3 rings (SSSR count). The van der Waals surface area contributed by atoms with Gasteiger partial charge in [-0.15, -0.1) is 0 Å². The summed E-state index contributed by atoms with van der Waals surface area (Å²) in [4.78, 5) is 20.9. The number of nitrogens with one attached hydrogen (secondary N) is 1. The van der Waals surface area contributed by atoms with Crippen molar-refractivity contribution in [2.75, 3.05) is 25.1 Å². The maximum absolute atomic E-state index is 12.4. The Kier molecular flexibility index (Phi) is 5.69. The van der Waals surface area contributed by atoms with Crippen molar-refractivity contribution >= 4 is 17.8 Å². The summed E-state index contributed by atoms with van der Waals surface area (Å²) >= 11 is 0. The van der Waals surface area contributed by atoms with Crippen LogP contribution in [-0.2, 0) is 11.2 Å². The molecule has 2 heterocycles. The predicted octanol–water partition coefficient (Wildman–Crippen LogP) is 2.57. The number of amides is 1. The van der Waals surface area contributed by atoms with Gasteiger partial charge in [0.05, 0.1) is 11.6 Å². The lowest BCUT2D eigenvalue weighted by Crippen LogP contribution is -2.54. The number of allylic oxidation sites excluding steroid dienone is 1. The fourth-order valence-corrected chi connectivity index (χ4v) is 3.64. The SMILES string of the molecule is CC1CCC(C(=O)NCC(F)(F)F)CN1N(C)c1ncnc2c1C=CCC2. The van der Waals surface area contributed by atoms with Crippen LogP contribution < -0.4 is 10.3 Å². The summed E-state index contributed by atoms with van der Waals surface area (Å²) in [5.41, 5.74) is 1.94. The van der Waals surface area contributed by atoms with Gasteiger partial charge >= 0.3 is 6.18 Å². The number of piperidine rings is 1. The molecule has 27 heavy (non-hydrogen) atoms. The van der Waals surface area contributed by atoms with Gasteiger partial charge in [-0.2, -0.15) is 13.2 Å². The van der Waals surface area contributed by atoms with Gasteiger partial charge in [-0.3, -0.25) is 9.80 Å². The van der Waals surface area contributed by atoms with Gasteiger partial charge in [0.1, 0.15) is 12.9 Å². The molecule has 0 saturated carbocycles. The molecule has 1 aliphatic heterocycles. The summed E-state index contributed by atoms with van der Waals surface area (Å²) in [6, 6.07) is 0.153. The summed E-state index contributed by atoms with van der Waals surface area (Å²) in [5, 5.41) is 5.92. The molecule has 2 aliphatic rings. The van der Waals surface area contributed by atoms with Gasteiger partial charge in [0.25, 0.3) is 0 Å². The fourth-order valence-electron chi connectivity index (χ4n) is 3.64. The Morgan fingerprint density at radius 2 is 2.15 bits per heavy atom. The van der Waals surface area contributed by atoms with Crippen molar-refractivity contribution in [1.82, 2.24) is 20.3 Å². The Labute approximate surface area is 156 Å². The van der Waals surface area contributed by atoms with Crippen LogP contribution in [0.25, 0.3) is 6.08 Å². The normalized spacial score (nSPS) is 23.0. The van der Waals surface area contributed by atoms with Crippen LogP contribution in [0.3, 0.4) is 0 Å². The van der Waals surface area contributed by atoms with Crippen LogP contribution in [0.2, 0.25) is 0 Å². The Morgan fingerprint density at radius 3 is 2.89 bits per heavy atom. The average Bonchev–Trinajstić information content (AvgIpc) is 2.65. The van der Waals surface area contributed by atoms with Gasteiger partial charge in [-0.1, -0.05) is 12.2 Å². The van der Waals surface area contributed by atoms with Gasteiger partial charge in [0.15, 0.2) is 5.82 Å². The molecular weight excluding hydrogens is 359 g/mol. The van der Waals surface area contributed by atoms with Crippen LogP contribution in [-0.4, -0.2) is 53.2 Å². The predicted molar refractivity (Wildman–Crippen MR) is 95.7 cm³/mol. The van der Waals surface area contributed by atoms with Crippen LogP contribution in [0.15, 0.2) is 12.4 Å². The molecule has 1 saturated heterocycles. The van der Waals surface area contributed by atoms with Crippen molar-refractivity contribution in [3.05, 3.63) is 23.7 Å². The highest BCUT2D eigenvalue weighted by molar-refractivity contribution is 5.79. The Bertz CT molecular complexity index is 721. The molecule has 1 N–H and O–H groups in total. The third kappa shape index (κ3) is 4.58. The first-order valence-electron chi connectivity index (χ1n) is 9.11. The molecule has 2 atom stereocenters. The molecule has 9 heteroatoms. The van der Waals surface area contributed by atoms with Gasteiger partial charge in [-0.05, 0) is 32.6 Å². The lowest BCUT2D eigenvalue weighted by atomic mass is 9.93. The Hall–Kier alpha value is -2.16. The number of carbonyl (C=O) groups excluding carboxylic acids is 1. The molecular formula is C18H24F3N5O. The van der Waals surface area contributed by atoms with Crippen molar-refractivity contribution < 1.29 is 18.0 Å². The zero-order chi connectivity index (χ0) is 19.6. The Morgan fingerprint density at radius 1 is 1.37 bits per heavy atom. The van der Waals surface area contributed by atoms with Gasteiger partial charge < -0.3 is 5.32 Å². The van der Waals surface area contributed by atoms with E-state index in [1.54, 1.807) is 0 Å². The van der Waals surface area contributed by atoms with Crippen LogP contribution in [0, 0.1) is 5.92 Å². The minimum Gasteiger partial charge on any atom is -0.347 e. The van der Waals surface area contributed by atoms with E-state index in [0.29, 0.717) is 13.0 Å². The first-order chi connectivity index (χ1) is 12.8. The van der Waals surface area contributed by atoms with Crippen LogP contribution in [0.5, 0.6) is 0 Å². The third-order valence-corrected chi connectivity index (χ3v) is 5.15. The van der Waals surface area contributed by atoms with E-state index in [0.717, 1.165) is 36.3 Å². The largest absolute Gasteiger partial charge is 0.405 e. The number of hydrogen-bond acceptors (Lipinski definition) is 5. The number of anilines is 1. The summed E-state index contributed by atoms with van der Waals surface area (Å²) in [6.45, 7) is 1.10. The zero-order valence-electron chi connectivity index (χ0n) is 15.5. The molecule has 1 aromatic heterocycles. The van der Waals surface area contributed by atoms with E-state index in [-0.39, 0.29) is 6.04 Å². The number of carbonyl (C=O) groups is 1. The summed E-state index contributed by atoms with van der Waals surface area (Å²) in [6.07, 6.45) is 4.30. The highest BCUT2D eigenvalue weighted by Gasteiger charge is 2.35. The lowest BCUT2D eigenvalue weighted by Gasteiger charge is -2.43. The van der Waals surface area contributed by atoms with E-state index in [1.165, 1.54) is 6.33 Å². The average molecular weight is 383 g/mol. The van der Waals surface area contributed by atoms with Crippen molar-refractivity contribution in [1.29, 1.82) is 0 Å². The molecule has 6 nitrogen and oxygen atoms in total. The van der Waals surface area contributed by atoms with E-state index < -0.39 is 24.5 Å². The van der Waals surface area contributed by atoms with Crippen molar-refractivity contribution in [2.45, 2.75) is 44.8 Å². The number of aromatic nitrogens is 2. The summed E-state index contributed by atoms with van der Waals surface area (Å²) in [7, 11) is 1.87. The van der Waals surface area contributed by atoms with E-state index in [2.05, 4.69) is 16.0 Å². The van der Waals surface area contributed by atoms with Crippen molar-refractivity contribution in [3.8, 4) is 0 Å². The standard InChI is InChI=1S/C18H24F3N5O/c1-12-7-8-13(17(27)22-10-18(19,20)21)9-26(12)25(2)16-14-5-3-4-6-15(14)23-11-24-16/h3,5,11-13H,4,6-10H2,1-2H3,(H,22,27). The van der Waals surface area contributed by atoms with Crippen molar-refractivity contribution in [3.63, 3.8) is 0 Å². The molecule has 0 bridgehead atoms. The second-order valence-electron chi connectivity index (χ2n) is 7.10. The lowest BCUT2D eigenvalue weighted by molar-refractivity contribution is -0.142. The van der Waals surface area contributed by atoms with E-state index >= 15 is 0 Å². The molecule has 148 valence electrons.